The molecule has 1 aliphatic rings. The van der Waals surface area contributed by atoms with Crippen molar-refractivity contribution >= 4 is 11.3 Å². The lowest BCUT2D eigenvalue weighted by molar-refractivity contribution is 0.318. The highest BCUT2D eigenvalue weighted by Gasteiger charge is 2.16. The van der Waals surface area contributed by atoms with E-state index in [0.29, 0.717) is 6.04 Å². The molecule has 1 unspecified atom stereocenters. The molecule has 2 heterocycles. The van der Waals surface area contributed by atoms with Crippen molar-refractivity contribution < 1.29 is 0 Å². The maximum atomic E-state index is 4.29. The second kappa shape index (κ2) is 4.87. The van der Waals surface area contributed by atoms with Gasteiger partial charge in [-0.25, -0.2) is 4.98 Å². The number of aromatic nitrogens is 1. The molecule has 1 aromatic heterocycles. The van der Waals surface area contributed by atoms with Crippen LogP contribution in [0, 0.1) is 5.92 Å². The summed E-state index contributed by atoms with van der Waals surface area (Å²) in [6, 6.07) is 0.406. The third kappa shape index (κ3) is 2.53. The van der Waals surface area contributed by atoms with Crippen molar-refractivity contribution in [2.75, 3.05) is 19.6 Å². The van der Waals surface area contributed by atoms with Crippen LogP contribution in [-0.2, 0) is 0 Å². The highest BCUT2D eigenvalue weighted by atomic mass is 32.1. The van der Waals surface area contributed by atoms with Gasteiger partial charge in [0.25, 0.3) is 0 Å². The topological polar surface area (TPSA) is 37.0 Å². The number of nitrogens with zero attached hydrogens (tertiary/aromatic N) is 1. The summed E-state index contributed by atoms with van der Waals surface area (Å²) in [5.74, 6) is 0.894. The first-order valence-corrected chi connectivity index (χ1v) is 6.07. The zero-order valence-electron chi connectivity index (χ0n) is 8.49. The summed E-state index contributed by atoms with van der Waals surface area (Å²) >= 11 is 1.72. The van der Waals surface area contributed by atoms with Gasteiger partial charge in [-0.15, -0.1) is 11.3 Å². The number of hydrogen-bond acceptors (Lipinski definition) is 4. The van der Waals surface area contributed by atoms with Gasteiger partial charge < -0.3 is 10.6 Å². The molecule has 0 bridgehead atoms. The third-order valence-corrected chi connectivity index (χ3v) is 3.65. The van der Waals surface area contributed by atoms with Crippen molar-refractivity contribution in [2.24, 2.45) is 5.92 Å². The molecule has 2 N–H and O–H groups in total. The van der Waals surface area contributed by atoms with E-state index in [1.165, 1.54) is 24.5 Å². The second-order valence-corrected chi connectivity index (χ2v) is 4.79. The molecule has 0 radical (unpaired) electrons. The lowest BCUT2D eigenvalue weighted by Crippen LogP contribution is -2.43. The van der Waals surface area contributed by atoms with Crippen LogP contribution in [0.15, 0.2) is 11.6 Å². The summed E-state index contributed by atoms with van der Waals surface area (Å²) in [5.41, 5.74) is 0. The first kappa shape index (κ1) is 10.1. The van der Waals surface area contributed by atoms with Crippen LogP contribution in [-0.4, -0.2) is 24.6 Å². The summed E-state index contributed by atoms with van der Waals surface area (Å²) < 4.78 is 0. The van der Waals surface area contributed by atoms with Gasteiger partial charge in [0, 0.05) is 11.6 Å². The molecule has 3 nitrogen and oxygen atoms in total. The minimum atomic E-state index is 0.406. The fraction of sp³-hybridized carbons (Fsp3) is 0.700. The summed E-state index contributed by atoms with van der Waals surface area (Å²) in [6.07, 6.45) is 3.15. The Morgan fingerprint density at radius 2 is 2.57 bits per heavy atom. The molecule has 1 fully saturated rings. The normalized spacial score (nSPS) is 19.2. The maximum absolute atomic E-state index is 4.29. The highest BCUT2D eigenvalue weighted by molar-refractivity contribution is 7.09. The fourth-order valence-corrected chi connectivity index (χ4v) is 2.26. The Labute approximate surface area is 88.9 Å². The molecule has 1 aliphatic heterocycles. The van der Waals surface area contributed by atoms with E-state index < -0.39 is 0 Å². The highest BCUT2D eigenvalue weighted by Crippen LogP contribution is 2.15. The number of hydrogen-bond donors (Lipinski definition) is 2. The molecule has 0 amide bonds. The summed E-state index contributed by atoms with van der Waals surface area (Å²) in [7, 11) is 0. The molecule has 2 rings (SSSR count). The Morgan fingerprint density at radius 3 is 3.14 bits per heavy atom. The lowest BCUT2D eigenvalue weighted by atomic mass is 9.99. The molecule has 0 saturated carbocycles. The van der Waals surface area contributed by atoms with E-state index in [2.05, 4.69) is 22.5 Å². The van der Waals surface area contributed by atoms with Gasteiger partial charge in [0.15, 0.2) is 0 Å². The zero-order valence-corrected chi connectivity index (χ0v) is 9.31. The van der Waals surface area contributed by atoms with Gasteiger partial charge in [0.05, 0.1) is 6.04 Å². The molecular weight excluding hydrogens is 194 g/mol. The number of thiazole rings is 1. The maximum Gasteiger partial charge on any atom is 0.109 e. The number of rotatable bonds is 5. The van der Waals surface area contributed by atoms with Crippen molar-refractivity contribution in [3.8, 4) is 0 Å². The van der Waals surface area contributed by atoms with Gasteiger partial charge in [-0.1, -0.05) is 0 Å². The van der Waals surface area contributed by atoms with E-state index in [9.17, 15) is 0 Å². The minimum Gasteiger partial charge on any atom is -0.316 e. The second-order valence-electron chi connectivity index (χ2n) is 3.86. The monoisotopic (exact) mass is 211 g/mol. The van der Waals surface area contributed by atoms with Gasteiger partial charge in [-0.3, -0.25) is 0 Å². The Morgan fingerprint density at radius 1 is 1.71 bits per heavy atom. The van der Waals surface area contributed by atoms with E-state index in [1.807, 2.05) is 11.6 Å². The predicted octanol–water partition coefficient (Wildman–Crippen LogP) is 1.40. The quantitative estimate of drug-likeness (QED) is 0.773. The van der Waals surface area contributed by atoms with Gasteiger partial charge >= 0.3 is 0 Å². The van der Waals surface area contributed by atoms with Crippen molar-refractivity contribution in [3.63, 3.8) is 0 Å². The molecule has 1 atom stereocenters. The van der Waals surface area contributed by atoms with Gasteiger partial charge in [0.1, 0.15) is 5.01 Å². The fourth-order valence-electron chi connectivity index (χ4n) is 1.59. The van der Waals surface area contributed by atoms with Crippen molar-refractivity contribution in [2.45, 2.75) is 19.4 Å². The van der Waals surface area contributed by atoms with E-state index in [0.717, 1.165) is 12.5 Å². The predicted molar refractivity (Wildman–Crippen MR) is 59.5 cm³/mol. The molecule has 0 aliphatic carbocycles. The van der Waals surface area contributed by atoms with Crippen LogP contribution in [0.1, 0.15) is 24.4 Å². The third-order valence-electron chi connectivity index (χ3n) is 2.69. The van der Waals surface area contributed by atoms with Gasteiger partial charge in [-0.05, 0) is 38.9 Å². The van der Waals surface area contributed by atoms with Crippen LogP contribution in [0.5, 0.6) is 0 Å². The first-order chi connectivity index (χ1) is 6.86. The smallest absolute Gasteiger partial charge is 0.109 e. The van der Waals surface area contributed by atoms with Crippen LogP contribution in [0.25, 0.3) is 0 Å². The van der Waals surface area contributed by atoms with Crippen LogP contribution in [0.2, 0.25) is 0 Å². The van der Waals surface area contributed by atoms with E-state index in [-0.39, 0.29) is 0 Å². The minimum absolute atomic E-state index is 0.406. The molecule has 14 heavy (non-hydrogen) atoms. The Kier molecular flexibility index (Phi) is 3.50. The standard InChI is InChI=1S/C10H17N3S/c1-8(10-13-4-5-14-10)12-3-2-9-6-11-7-9/h4-5,8-9,11-12H,2-3,6-7H2,1H3. The zero-order chi connectivity index (χ0) is 9.80. The molecule has 0 aromatic carbocycles. The van der Waals surface area contributed by atoms with Crippen molar-refractivity contribution in [3.05, 3.63) is 16.6 Å². The molecule has 0 spiro atoms. The Bertz CT molecular complexity index is 256. The van der Waals surface area contributed by atoms with Crippen LogP contribution in [0.4, 0.5) is 0 Å². The molecular formula is C10H17N3S. The first-order valence-electron chi connectivity index (χ1n) is 5.20. The summed E-state index contributed by atoms with van der Waals surface area (Å²) in [5, 5.41) is 10.0. The van der Waals surface area contributed by atoms with E-state index in [1.54, 1.807) is 11.3 Å². The molecule has 1 aromatic rings. The van der Waals surface area contributed by atoms with Crippen LogP contribution in [0.3, 0.4) is 0 Å². The van der Waals surface area contributed by atoms with Crippen molar-refractivity contribution in [1.29, 1.82) is 0 Å². The number of nitrogens with one attached hydrogen (secondary N) is 2. The van der Waals surface area contributed by atoms with Gasteiger partial charge in [-0.2, -0.15) is 0 Å². The average molecular weight is 211 g/mol. The van der Waals surface area contributed by atoms with Gasteiger partial charge in [0.2, 0.25) is 0 Å². The average Bonchev–Trinajstić information content (AvgIpc) is 2.61. The van der Waals surface area contributed by atoms with Crippen LogP contribution < -0.4 is 10.6 Å². The molecule has 4 heteroatoms. The largest absolute Gasteiger partial charge is 0.316 e. The Hall–Kier alpha value is -0.450. The summed E-state index contributed by atoms with van der Waals surface area (Å²) in [4.78, 5) is 4.29. The molecule has 1 saturated heterocycles. The molecule has 78 valence electrons. The Balaban J connectivity index is 1.65. The summed E-state index contributed by atoms with van der Waals surface area (Å²) in [6.45, 7) is 5.69. The van der Waals surface area contributed by atoms with E-state index in [4.69, 9.17) is 0 Å². The van der Waals surface area contributed by atoms with Crippen LogP contribution >= 0.6 is 11.3 Å². The SMILES string of the molecule is CC(NCCC1CNC1)c1nccs1. The van der Waals surface area contributed by atoms with Crippen molar-refractivity contribution in [1.82, 2.24) is 15.6 Å². The van der Waals surface area contributed by atoms with E-state index >= 15 is 0 Å². The lowest BCUT2D eigenvalue weighted by Gasteiger charge is -2.27.